The smallest absolute Gasteiger partial charge is 0.261 e. The van der Waals surface area contributed by atoms with Gasteiger partial charge in [-0.3, -0.25) is 14.8 Å². The molecule has 7 nitrogen and oxygen atoms in total. The Bertz CT molecular complexity index is 1230. The van der Waals surface area contributed by atoms with Crippen molar-refractivity contribution >= 4 is 17.2 Å². The Balaban J connectivity index is 1.58. The number of amides is 1. The second-order valence-corrected chi connectivity index (χ2v) is 8.70. The molecule has 0 saturated carbocycles. The predicted octanol–water partition coefficient (Wildman–Crippen LogP) is 3.93. The molecule has 0 saturated heterocycles. The molecule has 0 aliphatic carbocycles. The summed E-state index contributed by atoms with van der Waals surface area (Å²) in [5.74, 6) is -0.126. The molecule has 6 N–H and O–H groups in total. The van der Waals surface area contributed by atoms with E-state index in [9.17, 15) is 9.90 Å². The summed E-state index contributed by atoms with van der Waals surface area (Å²) in [4.78, 5) is 22.9. The van der Waals surface area contributed by atoms with E-state index in [1.807, 2.05) is 30.3 Å². The Morgan fingerprint density at radius 2 is 1.85 bits per heavy atom. The Labute approximate surface area is 196 Å². The largest absolute Gasteiger partial charge is 0.508 e. The van der Waals surface area contributed by atoms with Crippen LogP contribution in [0.2, 0.25) is 0 Å². The molecule has 4 rings (SSSR count). The third-order valence-corrected chi connectivity index (χ3v) is 6.56. The van der Waals surface area contributed by atoms with Crippen LogP contribution < -0.4 is 16.8 Å². The molecule has 2 unspecified atom stereocenters. The fraction of sp³-hybridized carbons (Fsp3) is 0.160. The van der Waals surface area contributed by atoms with Crippen molar-refractivity contribution in [1.82, 2.24) is 15.3 Å². The van der Waals surface area contributed by atoms with Crippen LogP contribution in [0.5, 0.6) is 5.75 Å². The number of aromatic nitrogens is 2. The van der Waals surface area contributed by atoms with Crippen LogP contribution in [0.3, 0.4) is 0 Å². The van der Waals surface area contributed by atoms with Gasteiger partial charge in [-0.15, -0.1) is 11.3 Å². The van der Waals surface area contributed by atoms with Gasteiger partial charge in [-0.25, -0.2) is 0 Å². The van der Waals surface area contributed by atoms with Crippen LogP contribution in [0, 0.1) is 0 Å². The summed E-state index contributed by atoms with van der Waals surface area (Å²) in [5, 5.41) is 13.5. The fourth-order valence-electron chi connectivity index (χ4n) is 3.70. The molecule has 3 heterocycles. The highest BCUT2D eigenvalue weighted by Gasteiger charge is 2.23. The number of aromatic hydroxyl groups is 1. The quantitative estimate of drug-likeness (QED) is 0.316. The molecule has 0 aliphatic rings. The number of nitrogens with one attached hydrogen (secondary N) is 1. The fourth-order valence-corrected chi connectivity index (χ4v) is 4.67. The van der Waals surface area contributed by atoms with Crippen LogP contribution in [0.25, 0.3) is 10.4 Å². The van der Waals surface area contributed by atoms with Gasteiger partial charge in [0.2, 0.25) is 0 Å². The second-order valence-electron chi connectivity index (χ2n) is 7.61. The Morgan fingerprint density at radius 1 is 1.03 bits per heavy atom. The van der Waals surface area contributed by atoms with Gasteiger partial charge in [-0.1, -0.05) is 24.3 Å². The van der Waals surface area contributed by atoms with Gasteiger partial charge < -0.3 is 21.9 Å². The average molecular weight is 460 g/mol. The van der Waals surface area contributed by atoms with Crippen molar-refractivity contribution < 1.29 is 9.90 Å². The van der Waals surface area contributed by atoms with Gasteiger partial charge in [0.15, 0.2) is 0 Å². The lowest BCUT2D eigenvalue weighted by atomic mass is 9.95. The summed E-state index contributed by atoms with van der Waals surface area (Å²) in [6, 6.07) is 15.4. The molecule has 8 heteroatoms. The third-order valence-electron chi connectivity index (χ3n) is 5.44. The number of nitrogens with two attached hydrogens (primary N) is 2. The number of phenols is 1. The zero-order valence-electron chi connectivity index (χ0n) is 17.9. The first-order valence-corrected chi connectivity index (χ1v) is 11.4. The normalized spacial score (nSPS) is 12.8. The van der Waals surface area contributed by atoms with Gasteiger partial charge in [-0.05, 0) is 53.4 Å². The highest BCUT2D eigenvalue weighted by atomic mass is 32.1. The number of carbonyl (C=O) groups is 1. The topological polar surface area (TPSA) is 127 Å². The summed E-state index contributed by atoms with van der Waals surface area (Å²) in [6.45, 7) is 0.365. The molecule has 0 fully saturated rings. The molecule has 4 aromatic rings. The summed E-state index contributed by atoms with van der Waals surface area (Å²) < 4.78 is 0. The van der Waals surface area contributed by atoms with Gasteiger partial charge in [0, 0.05) is 47.8 Å². The minimum atomic E-state index is -0.486. The molecule has 0 spiro atoms. The van der Waals surface area contributed by atoms with Gasteiger partial charge >= 0.3 is 0 Å². The molecular formula is C25H25N5O2S. The molecule has 1 amide bonds. The van der Waals surface area contributed by atoms with Crippen molar-refractivity contribution in [1.29, 1.82) is 0 Å². The highest BCUT2D eigenvalue weighted by Crippen LogP contribution is 2.33. The molecule has 0 aliphatic heterocycles. The number of thiophene rings is 1. The summed E-state index contributed by atoms with van der Waals surface area (Å²) in [6.07, 6.45) is 7.25. The van der Waals surface area contributed by atoms with Gasteiger partial charge in [0.25, 0.3) is 5.91 Å². The predicted molar refractivity (Wildman–Crippen MR) is 130 cm³/mol. The van der Waals surface area contributed by atoms with Crippen molar-refractivity contribution in [3.8, 4) is 16.2 Å². The van der Waals surface area contributed by atoms with Crippen molar-refractivity contribution in [2.45, 2.75) is 25.0 Å². The molecule has 3 aromatic heterocycles. The third kappa shape index (κ3) is 5.25. The first-order chi connectivity index (χ1) is 16.1. The monoisotopic (exact) mass is 459 g/mol. The first-order valence-electron chi connectivity index (χ1n) is 10.5. The van der Waals surface area contributed by atoms with Crippen LogP contribution in [0.4, 0.5) is 0 Å². The van der Waals surface area contributed by atoms with Crippen LogP contribution in [-0.2, 0) is 6.54 Å². The van der Waals surface area contributed by atoms with E-state index >= 15 is 0 Å². The summed E-state index contributed by atoms with van der Waals surface area (Å²) in [7, 11) is 0. The number of carbonyl (C=O) groups excluding carboxylic acids is 1. The maximum Gasteiger partial charge on any atom is 0.261 e. The van der Waals surface area contributed by atoms with E-state index in [-0.39, 0.29) is 17.7 Å². The Morgan fingerprint density at radius 3 is 2.61 bits per heavy atom. The van der Waals surface area contributed by atoms with Crippen LogP contribution in [0.15, 0.2) is 79.4 Å². The highest BCUT2D eigenvalue weighted by molar-refractivity contribution is 7.17. The average Bonchev–Trinajstić information content (AvgIpc) is 3.35. The van der Waals surface area contributed by atoms with E-state index in [0.29, 0.717) is 23.4 Å². The molecule has 1 aromatic carbocycles. The molecule has 168 valence electrons. The minimum Gasteiger partial charge on any atom is -0.508 e. The van der Waals surface area contributed by atoms with E-state index in [4.69, 9.17) is 11.5 Å². The summed E-state index contributed by atoms with van der Waals surface area (Å²) >= 11 is 1.38. The molecule has 33 heavy (non-hydrogen) atoms. The number of nitrogens with zero attached hydrogens (tertiary/aromatic N) is 2. The van der Waals surface area contributed by atoms with Crippen molar-refractivity contribution in [3.05, 3.63) is 101 Å². The standard InChI is InChI=1S/C25H25N5O2S/c26-13-17-15-29-11-9-18(17)23-7-8-24(33-23)25(32)30-21(19-5-1-2-6-22(19)31)12-20(27)16-4-3-10-28-14-16/h1-11,14-15,20-21,31H,12-13,26-27H2,(H,30,32). The van der Waals surface area contributed by atoms with E-state index in [0.717, 1.165) is 21.6 Å². The van der Waals surface area contributed by atoms with Gasteiger partial charge in [-0.2, -0.15) is 0 Å². The first kappa shape index (κ1) is 22.6. The number of benzene rings is 1. The molecule has 2 atom stereocenters. The van der Waals surface area contributed by atoms with E-state index < -0.39 is 6.04 Å². The van der Waals surface area contributed by atoms with Crippen LogP contribution in [0.1, 0.15) is 44.9 Å². The minimum absolute atomic E-state index is 0.109. The molecule has 0 bridgehead atoms. The van der Waals surface area contributed by atoms with Crippen LogP contribution >= 0.6 is 11.3 Å². The van der Waals surface area contributed by atoms with E-state index in [1.165, 1.54) is 11.3 Å². The van der Waals surface area contributed by atoms with Crippen LogP contribution in [-0.4, -0.2) is 21.0 Å². The maximum absolute atomic E-state index is 13.2. The van der Waals surface area contributed by atoms with Gasteiger partial charge in [0.1, 0.15) is 5.75 Å². The number of para-hydroxylation sites is 1. The maximum atomic E-state index is 13.2. The lowest BCUT2D eigenvalue weighted by Gasteiger charge is -2.23. The van der Waals surface area contributed by atoms with Crippen molar-refractivity contribution in [3.63, 3.8) is 0 Å². The lowest BCUT2D eigenvalue weighted by Crippen LogP contribution is -2.30. The number of rotatable bonds is 8. The van der Waals surface area contributed by atoms with E-state index in [2.05, 4.69) is 15.3 Å². The zero-order chi connectivity index (χ0) is 23.2. The Kier molecular flexibility index (Phi) is 7.09. The number of hydrogen-bond donors (Lipinski definition) is 4. The Hall–Kier alpha value is -3.59. The molecular weight excluding hydrogens is 434 g/mol. The lowest BCUT2D eigenvalue weighted by molar-refractivity contribution is 0.0937. The number of pyridine rings is 2. The van der Waals surface area contributed by atoms with Gasteiger partial charge in [0.05, 0.1) is 10.9 Å². The summed E-state index contributed by atoms with van der Waals surface area (Å²) in [5.41, 5.74) is 15.6. The molecule has 0 radical (unpaired) electrons. The SMILES string of the molecule is NCc1cnccc1-c1ccc(C(=O)NC(CC(N)c2cccnc2)c2ccccc2O)s1. The number of phenolic OH excluding ortho intramolecular Hbond substituents is 1. The zero-order valence-corrected chi connectivity index (χ0v) is 18.7. The van der Waals surface area contributed by atoms with Crippen molar-refractivity contribution in [2.24, 2.45) is 11.5 Å². The number of hydrogen-bond acceptors (Lipinski definition) is 7. The van der Waals surface area contributed by atoms with E-state index in [1.54, 1.807) is 49.1 Å². The second kappa shape index (κ2) is 10.4. The van der Waals surface area contributed by atoms with Crippen molar-refractivity contribution in [2.75, 3.05) is 0 Å².